The molecule has 0 bridgehead atoms. The molecule has 0 saturated heterocycles. The molecule has 0 atom stereocenters. The van der Waals surface area contributed by atoms with Gasteiger partial charge >= 0.3 is 0 Å². The molecule has 1 N–H and O–H groups in total. The zero-order chi connectivity index (χ0) is 14.5. The maximum Gasteiger partial charge on any atom is 0.251 e. The van der Waals surface area contributed by atoms with Gasteiger partial charge in [0, 0.05) is 17.1 Å². The van der Waals surface area contributed by atoms with Crippen LogP contribution in [0.4, 0.5) is 0 Å². The van der Waals surface area contributed by atoms with E-state index in [0.29, 0.717) is 12.1 Å². The second kappa shape index (κ2) is 6.33. The van der Waals surface area contributed by atoms with Crippen LogP contribution in [0.2, 0.25) is 0 Å². The highest BCUT2D eigenvalue weighted by Crippen LogP contribution is 2.19. The fraction of sp³-hybridized carbons (Fsp3) is 0.0588. The van der Waals surface area contributed by atoms with Crippen LogP contribution in [0.1, 0.15) is 15.4 Å². The number of aromatic nitrogens is 1. The van der Waals surface area contributed by atoms with E-state index in [2.05, 4.69) is 22.4 Å². The normalized spacial score (nSPS) is 10.3. The molecule has 0 unspecified atom stereocenters. The lowest BCUT2D eigenvalue weighted by Crippen LogP contribution is -2.22. The first kappa shape index (κ1) is 13.5. The van der Waals surface area contributed by atoms with E-state index in [1.165, 1.54) is 11.3 Å². The number of hydrogen-bond acceptors (Lipinski definition) is 3. The Morgan fingerprint density at radius 1 is 1.00 bits per heavy atom. The van der Waals surface area contributed by atoms with Gasteiger partial charge in [0.2, 0.25) is 0 Å². The third kappa shape index (κ3) is 3.35. The minimum absolute atomic E-state index is 0.0789. The largest absolute Gasteiger partial charge is 0.346 e. The molecule has 0 aliphatic carbocycles. The molecule has 0 aliphatic heterocycles. The van der Waals surface area contributed by atoms with Crippen molar-refractivity contribution in [2.45, 2.75) is 6.54 Å². The van der Waals surface area contributed by atoms with Gasteiger partial charge in [0.15, 0.2) is 0 Å². The number of benzene rings is 2. The van der Waals surface area contributed by atoms with Crippen LogP contribution in [0.25, 0.3) is 11.1 Å². The van der Waals surface area contributed by atoms with Crippen LogP contribution in [0.15, 0.2) is 66.2 Å². The van der Waals surface area contributed by atoms with E-state index in [4.69, 9.17) is 0 Å². The van der Waals surface area contributed by atoms with Crippen LogP contribution in [-0.2, 0) is 6.54 Å². The number of carbonyl (C=O) groups is 1. The van der Waals surface area contributed by atoms with Gasteiger partial charge in [-0.05, 0) is 23.3 Å². The number of nitrogens with one attached hydrogen (secondary N) is 1. The van der Waals surface area contributed by atoms with Crippen LogP contribution < -0.4 is 5.32 Å². The topological polar surface area (TPSA) is 42.0 Å². The number of rotatable bonds is 4. The van der Waals surface area contributed by atoms with Crippen molar-refractivity contribution in [3.8, 4) is 11.1 Å². The van der Waals surface area contributed by atoms with Crippen molar-refractivity contribution in [1.82, 2.24) is 10.3 Å². The van der Waals surface area contributed by atoms with Gasteiger partial charge in [-0.25, -0.2) is 4.98 Å². The first-order valence-corrected chi connectivity index (χ1v) is 7.53. The molecule has 0 spiro atoms. The Labute approximate surface area is 127 Å². The van der Waals surface area contributed by atoms with Gasteiger partial charge < -0.3 is 5.32 Å². The summed E-state index contributed by atoms with van der Waals surface area (Å²) in [7, 11) is 0. The lowest BCUT2D eigenvalue weighted by molar-refractivity contribution is 0.0951. The third-order valence-electron chi connectivity index (χ3n) is 3.14. The van der Waals surface area contributed by atoms with Gasteiger partial charge in [-0.3, -0.25) is 4.79 Å². The zero-order valence-corrected chi connectivity index (χ0v) is 12.1. The molecule has 3 rings (SSSR count). The van der Waals surface area contributed by atoms with Crippen LogP contribution in [0, 0.1) is 0 Å². The fourth-order valence-electron chi connectivity index (χ4n) is 2.04. The number of thiazole rings is 1. The van der Waals surface area contributed by atoms with E-state index < -0.39 is 0 Å². The van der Waals surface area contributed by atoms with Crippen molar-refractivity contribution < 1.29 is 4.79 Å². The summed E-state index contributed by atoms with van der Waals surface area (Å²) in [6, 6.07) is 17.7. The molecule has 0 saturated carbocycles. The molecule has 0 aliphatic rings. The molecule has 0 radical (unpaired) electrons. The predicted molar refractivity (Wildman–Crippen MR) is 85.2 cm³/mol. The zero-order valence-electron chi connectivity index (χ0n) is 11.3. The molecule has 0 fully saturated rings. The van der Waals surface area contributed by atoms with Gasteiger partial charge in [-0.1, -0.05) is 42.5 Å². The van der Waals surface area contributed by atoms with Crippen LogP contribution in [-0.4, -0.2) is 10.9 Å². The standard InChI is InChI=1S/C17H14N2OS/c20-17(19-12-16-18-10-11-21-16)15-8-6-14(7-9-15)13-4-2-1-3-5-13/h1-11H,12H2,(H,19,20). The summed E-state index contributed by atoms with van der Waals surface area (Å²) in [5.74, 6) is -0.0789. The van der Waals surface area contributed by atoms with Crippen molar-refractivity contribution in [3.05, 3.63) is 76.7 Å². The van der Waals surface area contributed by atoms with Crippen molar-refractivity contribution in [2.75, 3.05) is 0 Å². The minimum atomic E-state index is -0.0789. The van der Waals surface area contributed by atoms with E-state index in [-0.39, 0.29) is 5.91 Å². The third-order valence-corrected chi connectivity index (χ3v) is 3.92. The SMILES string of the molecule is O=C(NCc1nccs1)c1ccc(-c2ccccc2)cc1. The lowest BCUT2D eigenvalue weighted by atomic mass is 10.0. The van der Waals surface area contributed by atoms with E-state index in [1.54, 1.807) is 6.20 Å². The molecule has 1 amide bonds. The first-order valence-electron chi connectivity index (χ1n) is 6.65. The van der Waals surface area contributed by atoms with Gasteiger partial charge in [0.05, 0.1) is 6.54 Å². The van der Waals surface area contributed by atoms with Crippen LogP contribution >= 0.6 is 11.3 Å². The lowest BCUT2D eigenvalue weighted by Gasteiger charge is -2.05. The Morgan fingerprint density at radius 2 is 1.71 bits per heavy atom. The molecule has 104 valence electrons. The first-order chi connectivity index (χ1) is 10.3. The minimum Gasteiger partial charge on any atom is -0.346 e. The summed E-state index contributed by atoms with van der Waals surface area (Å²) in [4.78, 5) is 16.2. The molecular formula is C17H14N2OS. The summed E-state index contributed by atoms with van der Waals surface area (Å²) in [6.07, 6.45) is 1.74. The number of amides is 1. The average Bonchev–Trinajstić information content (AvgIpc) is 3.07. The molecule has 21 heavy (non-hydrogen) atoms. The fourth-order valence-corrected chi connectivity index (χ4v) is 2.60. The van der Waals surface area contributed by atoms with E-state index >= 15 is 0 Å². The number of nitrogens with zero attached hydrogens (tertiary/aromatic N) is 1. The number of carbonyl (C=O) groups excluding carboxylic acids is 1. The van der Waals surface area contributed by atoms with Crippen LogP contribution in [0.5, 0.6) is 0 Å². The Balaban J connectivity index is 1.67. The molecule has 2 aromatic carbocycles. The molecule has 1 aromatic heterocycles. The van der Waals surface area contributed by atoms with E-state index in [1.807, 2.05) is 47.8 Å². The molecule has 1 heterocycles. The summed E-state index contributed by atoms with van der Waals surface area (Å²) >= 11 is 1.53. The second-order valence-corrected chi connectivity index (χ2v) is 5.53. The predicted octanol–water partition coefficient (Wildman–Crippen LogP) is 3.74. The van der Waals surface area contributed by atoms with Gasteiger partial charge in [-0.15, -0.1) is 11.3 Å². The maximum atomic E-state index is 12.1. The van der Waals surface area contributed by atoms with Gasteiger partial charge in [0.1, 0.15) is 5.01 Å². The second-order valence-electron chi connectivity index (χ2n) is 4.55. The van der Waals surface area contributed by atoms with E-state index in [9.17, 15) is 4.79 Å². The van der Waals surface area contributed by atoms with Gasteiger partial charge in [0.25, 0.3) is 5.91 Å². The highest BCUT2D eigenvalue weighted by molar-refractivity contribution is 7.09. The van der Waals surface area contributed by atoms with E-state index in [0.717, 1.165) is 16.1 Å². The summed E-state index contributed by atoms with van der Waals surface area (Å²) < 4.78 is 0. The van der Waals surface area contributed by atoms with Gasteiger partial charge in [-0.2, -0.15) is 0 Å². The Morgan fingerprint density at radius 3 is 2.38 bits per heavy atom. The summed E-state index contributed by atoms with van der Waals surface area (Å²) in [6.45, 7) is 0.469. The Hall–Kier alpha value is -2.46. The summed E-state index contributed by atoms with van der Waals surface area (Å²) in [5.41, 5.74) is 2.91. The van der Waals surface area contributed by atoms with Crippen molar-refractivity contribution >= 4 is 17.2 Å². The average molecular weight is 294 g/mol. The van der Waals surface area contributed by atoms with Crippen molar-refractivity contribution in [2.24, 2.45) is 0 Å². The van der Waals surface area contributed by atoms with Crippen molar-refractivity contribution in [3.63, 3.8) is 0 Å². The number of hydrogen-bond donors (Lipinski definition) is 1. The van der Waals surface area contributed by atoms with Crippen molar-refractivity contribution in [1.29, 1.82) is 0 Å². The Bertz CT molecular complexity index is 706. The van der Waals surface area contributed by atoms with Crippen LogP contribution in [0.3, 0.4) is 0 Å². The molecule has 3 nitrogen and oxygen atoms in total. The molecule has 4 heteroatoms. The highest BCUT2D eigenvalue weighted by atomic mass is 32.1. The molecular weight excluding hydrogens is 280 g/mol. The summed E-state index contributed by atoms with van der Waals surface area (Å²) in [5, 5.41) is 5.68. The maximum absolute atomic E-state index is 12.1. The molecule has 3 aromatic rings. The quantitative estimate of drug-likeness (QED) is 0.796. The highest BCUT2D eigenvalue weighted by Gasteiger charge is 2.06. The Kier molecular flexibility index (Phi) is 4.07. The smallest absolute Gasteiger partial charge is 0.251 e. The monoisotopic (exact) mass is 294 g/mol.